The molecule has 2 rings (SSSR count). The summed E-state index contributed by atoms with van der Waals surface area (Å²) in [4.78, 5) is 1.50. The van der Waals surface area contributed by atoms with E-state index in [9.17, 15) is 0 Å². The van der Waals surface area contributed by atoms with E-state index < -0.39 is 0 Å². The molecule has 1 unspecified atom stereocenters. The number of hydrogen-bond donors (Lipinski definition) is 1. The minimum atomic E-state index is 0.508. The van der Waals surface area contributed by atoms with Crippen LogP contribution in [0.5, 0.6) is 0 Å². The average molecular weight is 251 g/mol. The Bertz CT molecular complexity index is 350. The SMILES string of the molecule is Cc1ccsc1C(C)NCC1(C)CCCCC1. The molecule has 17 heavy (non-hydrogen) atoms. The molecule has 1 nitrogen and oxygen atoms in total. The second-order valence-corrected chi connectivity index (χ2v) is 6.89. The van der Waals surface area contributed by atoms with Crippen molar-refractivity contribution in [2.24, 2.45) is 5.41 Å². The number of nitrogens with one attached hydrogen (secondary N) is 1. The summed E-state index contributed by atoms with van der Waals surface area (Å²) >= 11 is 1.88. The van der Waals surface area contributed by atoms with Crippen LogP contribution in [0.2, 0.25) is 0 Å². The van der Waals surface area contributed by atoms with Crippen LogP contribution in [-0.4, -0.2) is 6.54 Å². The number of aryl methyl sites for hydroxylation is 1. The lowest BCUT2D eigenvalue weighted by atomic mass is 9.75. The van der Waals surface area contributed by atoms with Crippen LogP contribution >= 0.6 is 11.3 Å². The number of hydrogen-bond acceptors (Lipinski definition) is 2. The molecular weight excluding hydrogens is 226 g/mol. The highest BCUT2D eigenvalue weighted by Crippen LogP contribution is 2.35. The lowest BCUT2D eigenvalue weighted by Gasteiger charge is -2.34. The fraction of sp³-hybridized carbons (Fsp3) is 0.733. The van der Waals surface area contributed by atoms with Crippen molar-refractivity contribution >= 4 is 11.3 Å². The molecule has 0 aliphatic heterocycles. The molecule has 1 saturated carbocycles. The van der Waals surface area contributed by atoms with Crippen LogP contribution in [0.25, 0.3) is 0 Å². The lowest BCUT2D eigenvalue weighted by Crippen LogP contribution is -2.34. The first-order chi connectivity index (χ1) is 8.11. The molecule has 1 atom stereocenters. The summed E-state index contributed by atoms with van der Waals surface area (Å²) in [6.07, 6.45) is 7.08. The summed E-state index contributed by atoms with van der Waals surface area (Å²) in [7, 11) is 0. The summed E-state index contributed by atoms with van der Waals surface area (Å²) in [5, 5.41) is 5.95. The van der Waals surface area contributed by atoms with E-state index in [0.29, 0.717) is 11.5 Å². The van der Waals surface area contributed by atoms with Gasteiger partial charge in [0, 0.05) is 17.5 Å². The molecule has 1 aromatic rings. The fourth-order valence-electron chi connectivity index (χ4n) is 2.90. The highest BCUT2D eigenvalue weighted by molar-refractivity contribution is 7.10. The Morgan fingerprint density at radius 3 is 2.65 bits per heavy atom. The molecule has 96 valence electrons. The standard InChI is InChI=1S/C15H25NS/c1-12-7-10-17-14(12)13(2)16-11-15(3)8-5-4-6-9-15/h7,10,13,16H,4-6,8-9,11H2,1-3H3. The molecule has 0 saturated heterocycles. The third kappa shape index (κ3) is 3.32. The third-order valence-electron chi connectivity index (χ3n) is 4.19. The Labute approximate surface area is 110 Å². The molecule has 1 N–H and O–H groups in total. The van der Waals surface area contributed by atoms with E-state index >= 15 is 0 Å². The molecule has 1 fully saturated rings. The maximum atomic E-state index is 3.75. The van der Waals surface area contributed by atoms with Gasteiger partial charge in [-0.25, -0.2) is 0 Å². The van der Waals surface area contributed by atoms with Crippen molar-refractivity contribution in [3.8, 4) is 0 Å². The molecule has 1 aromatic heterocycles. The van der Waals surface area contributed by atoms with Gasteiger partial charge in [-0.2, -0.15) is 0 Å². The molecule has 0 amide bonds. The quantitative estimate of drug-likeness (QED) is 0.819. The maximum absolute atomic E-state index is 3.75. The Hall–Kier alpha value is -0.340. The lowest BCUT2D eigenvalue weighted by molar-refractivity contribution is 0.202. The van der Waals surface area contributed by atoms with Crippen molar-refractivity contribution in [3.05, 3.63) is 21.9 Å². The molecule has 1 heterocycles. The van der Waals surface area contributed by atoms with Gasteiger partial charge in [-0.05, 0) is 49.1 Å². The zero-order chi connectivity index (χ0) is 12.3. The largest absolute Gasteiger partial charge is 0.309 e. The summed E-state index contributed by atoms with van der Waals surface area (Å²) in [6.45, 7) is 8.13. The predicted octanol–water partition coefficient (Wildman–Crippen LogP) is 4.68. The average Bonchev–Trinajstić information content (AvgIpc) is 2.74. The van der Waals surface area contributed by atoms with E-state index in [1.54, 1.807) is 0 Å². The molecular formula is C15H25NS. The van der Waals surface area contributed by atoms with Gasteiger partial charge in [-0.15, -0.1) is 11.3 Å². The fourth-order valence-corrected chi connectivity index (χ4v) is 3.86. The maximum Gasteiger partial charge on any atom is 0.0388 e. The Morgan fingerprint density at radius 1 is 1.35 bits per heavy atom. The van der Waals surface area contributed by atoms with Crippen molar-refractivity contribution in [2.45, 2.75) is 58.9 Å². The Balaban J connectivity index is 1.87. The van der Waals surface area contributed by atoms with Crippen LogP contribution in [-0.2, 0) is 0 Å². The van der Waals surface area contributed by atoms with Crippen LogP contribution in [0.4, 0.5) is 0 Å². The van der Waals surface area contributed by atoms with Crippen molar-refractivity contribution in [3.63, 3.8) is 0 Å². The van der Waals surface area contributed by atoms with Crippen LogP contribution in [0.3, 0.4) is 0 Å². The van der Waals surface area contributed by atoms with Crippen molar-refractivity contribution in [1.82, 2.24) is 5.32 Å². The summed E-state index contributed by atoms with van der Waals surface area (Å²) in [5.74, 6) is 0. The van der Waals surface area contributed by atoms with Crippen molar-refractivity contribution in [2.75, 3.05) is 6.54 Å². The monoisotopic (exact) mass is 251 g/mol. The molecule has 0 radical (unpaired) electrons. The second-order valence-electron chi connectivity index (χ2n) is 5.94. The van der Waals surface area contributed by atoms with Gasteiger partial charge in [0.15, 0.2) is 0 Å². The summed E-state index contributed by atoms with van der Waals surface area (Å²) in [6, 6.07) is 2.73. The molecule has 1 aliphatic carbocycles. The highest BCUT2D eigenvalue weighted by atomic mass is 32.1. The first kappa shape index (κ1) is 13.1. The van der Waals surface area contributed by atoms with Gasteiger partial charge in [-0.3, -0.25) is 0 Å². The zero-order valence-corrected chi connectivity index (χ0v) is 12.2. The smallest absolute Gasteiger partial charge is 0.0388 e. The van der Waals surface area contributed by atoms with Crippen LogP contribution < -0.4 is 5.32 Å². The number of thiophene rings is 1. The zero-order valence-electron chi connectivity index (χ0n) is 11.4. The molecule has 0 aromatic carbocycles. The normalized spacial score (nSPS) is 21.4. The van der Waals surface area contributed by atoms with Crippen LogP contribution in [0.15, 0.2) is 11.4 Å². The van der Waals surface area contributed by atoms with Gasteiger partial charge in [-0.1, -0.05) is 26.2 Å². The third-order valence-corrected chi connectivity index (χ3v) is 5.39. The second kappa shape index (κ2) is 5.53. The summed E-state index contributed by atoms with van der Waals surface area (Å²) < 4.78 is 0. The molecule has 0 spiro atoms. The van der Waals surface area contributed by atoms with Crippen LogP contribution in [0.1, 0.15) is 62.4 Å². The minimum Gasteiger partial charge on any atom is -0.309 e. The van der Waals surface area contributed by atoms with E-state index in [0.717, 1.165) is 0 Å². The highest BCUT2D eigenvalue weighted by Gasteiger charge is 2.27. The van der Waals surface area contributed by atoms with Gasteiger partial charge in [0.05, 0.1) is 0 Å². The van der Waals surface area contributed by atoms with E-state index in [4.69, 9.17) is 0 Å². The molecule has 1 aliphatic rings. The first-order valence-electron chi connectivity index (χ1n) is 6.88. The van der Waals surface area contributed by atoms with E-state index in [1.165, 1.54) is 49.1 Å². The Morgan fingerprint density at radius 2 is 2.06 bits per heavy atom. The van der Waals surface area contributed by atoms with Gasteiger partial charge in [0.25, 0.3) is 0 Å². The van der Waals surface area contributed by atoms with Gasteiger partial charge in [0.2, 0.25) is 0 Å². The van der Waals surface area contributed by atoms with Gasteiger partial charge >= 0.3 is 0 Å². The van der Waals surface area contributed by atoms with E-state index in [2.05, 4.69) is 37.5 Å². The topological polar surface area (TPSA) is 12.0 Å². The van der Waals surface area contributed by atoms with E-state index in [1.807, 2.05) is 11.3 Å². The summed E-state index contributed by atoms with van der Waals surface area (Å²) in [5.41, 5.74) is 1.97. The first-order valence-corrected chi connectivity index (χ1v) is 7.76. The molecule has 0 bridgehead atoms. The minimum absolute atomic E-state index is 0.508. The van der Waals surface area contributed by atoms with Crippen molar-refractivity contribution < 1.29 is 0 Å². The van der Waals surface area contributed by atoms with Crippen molar-refractivity contribution in [1.29, 1.82) is 0 Å². The van der Waals surface area contributed by atoms with E-state index in [-0.39, 0.29) is 0 Å². The number of rotatable bonds is 4. The molecule has 2 heteroatoms. The Kier molecular flexibility index (Phi) is 4.26. The van der Waals surface area contributed by atoms with Gasteiger partial charge in [0.1, 0.15) is 0 Å². The van der Waals surface area contributed by atoms with Gasteiger partial charge < -0.3 is 5.32 Å². The predicted molar refractivity (Wildman–Crippen MR) is 76.7 cm³/mol. The van der Waals surface area contributed by atoms with Crippen LogP contribution in [0, 0.1) is 12.3 Å².